The lowest BCUT2D eigenvalue weighted by atomic mass is 10.1. The third-order valence-electron chi connectivity index (χ3n) is 3.14. The van der Waals surface area contributed by atoms with E-state index < -0.39 is 0 Å². The standard InChI is InChI=1S/C13H19N3O2/c1-9(12-4-3-7-18-12)16-10-5-6-15-11(8-10)13(17)14-2/h5-6,8-9,12H,3-4,7H2,1-2H3,(H,14,17)(H,15,16). The highest BCUT2D eigenvalue weighted by Gasteiger charge is 2.22. The van der Waals surface area contributed by atoms with Crippen molar-refractivity contribution in [2.24, 2.45) is 0 Å². The van der Waals surface area contributed by atoms with Crippen molar-refractivity contribution in [2.75, 3.05) is 19.0 Å². The number of aromatic nitrogens is 1. The van der Waals surface area contributed by atoms with Crippen LogP contribution in [0.4, 0.5) is 5.69 Å². The maximum absolute atomic E-state index is 11.5. The first-order valence-electron chi connectivity index (χ1n) is 6.27. The van der Waals surface area contributed by atoms with Crippen LogP contribution in [0.1, 0.15) is 30.3 Å². The van der Waals surface area contributed by atoms with Crippen molar-refractivity contribution in [3.8, 4) is 0 Å². The molecule has 1 aromatic rings. The highest BCUT2D eigenvalue weighted by molar-refractivity contribution is 5.92. The number of pyridine rings is 1. The fourth-order valence-corrected chi connectivity index (χ4v) is 2.13. The Bertz CT molecular complexity index is 416. The van der Waals surface area contributed by atoms with Gasteiger partial charge in [-0.1, -0.05) is 0 Å². The molecule has 1 aliphatic rings. The lowest BCUT2D eigenvalue weighted by Crippen LogP contribution is -2.30. The van der Waals surface area contributed by atoms with E-state index in [4.69, 9.17) is 4.74 Å². The molecular weight excluding hydrogens is 230 g/mol. The van der Waals surface area contributed by atoms with Crippen molar-refractivity contribution in [1.29, 1.82) is 0 Å². The van der Waals surface area contributed by atoms with Crippen molar-refractivity contribution in [3.63, 3.8) is 0 Å². The number of hydrogen-bond donors (Lipinski definition) is 2. The summed E-state index contributed by atoms with van der Waals surface area (Å²) in [6.07, 6.45) is 4.09. The predicted octanol–water partition coefficient (Wildman–Crippen LogP) is 1.42. The second-order valence-electron chi connectivity index (χ2n) is 4.49. The summed E-state index contributed by atoms with van der Waals surface area (Å²) in [5.74, 6) is -0.177. The van der Waals surface area contributed by atoms with Crippen LogP contribution in [0.25, 0.3) is 0 Å². The highest BCUT2D eigenvalue weighted by Crippen LogP contribution is 2.19. The average Bonchev–Trinajstić information content (AvgIpc) is 2.92. The van der Waals surface area contributed by atoms with Gasteiger partial charge >= 0.3 is 0 Å². The molecule has 1 aromatic heterocycles. The highest BCUT2D eigenvalue weighted by atomic mass is 16.5. The van der Waals surface area contributed by atoms with Crippen LogP contribution < -0.4 is 10.6 Å². The summed E-state index contributed by atoms with van der Waals surface area (Å²) in [5.41, 5.74) is 1.31. The summed E-state index contributed by atoms with van der Waals surface area (Å²) in [5, 5.41) is 5.92. The minimum absolute atomic E-state index is 0.177. The molecule has 1 aliphatic heterocycles. The fraction of sp³-hybridized carbons (Fsp3) is 0.538. The van der Waals surface area contributed by atoms with Crippen molar-refractivity contribution in [3.05, 3.63) is 24.0 Å². The van der Waals surface area contributed by atoms with Gasteiger partial charge in [-0.15, -0.1) is 0 Å². The Balaban J connectivity index is 2.02. The summed E-state index contributed by atoms with van der Waals surface area (Å²) >= 11 is 0. The van der Waals surface area contributed by atoms with E-state index in [2.05, 4.69) is 22.5 Å². The SMILES string of the molecule is CNC(=O)c1cc(NC(C)C2CCCO2)ccn1. The van der Waals surface area contributed by atoms with Gasteiger partial charge < -0.3 is 15.4 Å². The molecule has 2 unspecified atom stereocenters. The molecule has 0 aliphatic carbocycles. The molecule has 0 bridgehead atoms. The number of hydrogen-bond acceptors (Lipinski definition) is 4. The average molecular weight is 249 g/mol. The zero-order valence-electron chi connectivity index (χ0n) is 10.8. The molecule has 1 amide bonds. The van der Waals surface area contributed by atoms with Gasteiger partial charge in [0.05, 0.1) is 6.10 Å². The number of anilines is 1. The van der Waals surface area contributed by atoms with Gasteiger partial charge in [0.1, 0.15) is 5.69 Å². The monoisotopic (exact) mass is 249 g/mol. The molecule has 5 heteroatoms. The van der Waals surface area contributed by atoms with Crippen LogP contribution in [0, 0.1) is 0 Å². The number of amides is 1. The first kappa shape index (κ1) is 12.8. The van der Waals surface area contributed by atoms with Gasteiger partial charge in [-0.25, -0.2) is 0 Å². The lowest BCUT2D eigenvalue weighted by molar-refractivity contribution is 0.0958. The number of nitrogens with zero attached hydrogens (tertiary/aromatic N) is 1. The first-order valence-corrected chi connectivity index (χ1v) is 6.27. The zero-order valence-corrected chi connectivity index (χ0v) is 10.8. The van der Waals surface area contributed by atoms with E-state index >= 15 is 0 Å². The Labute approximate surface area is 107 Å². The zero-order chi connectivity index (χ0) is 13.0. The summed E-state index contributed by atoms with van der Waals surface area (Å²) in [6.45, 7) is 2.94. The van der Waals surface area contributed by atoms with E-state index in [-0.39, 0.29) is 18.1 Å². The van der Waals surface area contributed by atoms with E-state index in [0.29, 0.717) is 5.69 Å². The summed E-state index contributed by atoms with van der Waals surface area (Å²) in [6, 6.07) is 3.84. The van der Waals surface area contributed by atoms with Crippen LogP contribution in [-0.4, -0.2) is 36.7 Å². The Kier molecular flexibility index (Phi) is 4.15. The first-order chi connectivity index (χ1) is 8.70. The van der Waals surface area contributed by atoms with E-state index in [9.17, 15) is 4.79 Å². The van der Waals surface area contributed by atoms with Crippen molar-refractivity contribution in [1.82, 2.24) is 10.3 Å². The van der Waals surface area contributed by atoms with E-state index in [1.165, 1.54) is 0 Å². The Morgan fingerprint density at radius 1 is 1.61 bits per heavy atom. The molecule has 2 rings (SSSR count). The molecule has 2 atom stereocenters. The van der Waals surface area contributed by atoms with Crippen molar-refractivity contribution >= 4 is 11.6 Å². The second-order valence-corrected chi connectivity index (χ2v) is 4.49. The van der Waals surface area contributed by atoms with Crippen molar-refractivity contribution < 1.29 is 9.53 Å². The smallest absolute Gasteiger partial charge is 0.269 e. The molecule has 1 saturated heterocycles. The Morgan fingerprint density at radius 3 is 3.11 bits per heavy atom. The largest absolute Gasteiger partial charge is 0.380 e. The van der Waals surface area contributed by atoms with E-state index in [0.717, 1.165) is 25.1 Å². The fourth-order valence-electron chi connectivity index (χ4n) is 2.13. The molecule has 5 nitrogen and oxygen atoms in total. The molecule has 0 aromatic carbocycles. The molecule has 2 N–H and O–H groups in total. The topological polar surface area (TPSA) is 63.2 Å². The minimum Gasteiger partial charge on any atom is -0.380 e. The molecule has 98 valence electrons. The van der Waals surface area contributed by atoms with Crippen LogP contribution in [0.2, 0.25) is 0 Å². The van der Waals surface area contributed by atoms with Crippen LogP contribution >= 0.6 is 0 Å². The number of ether oxygens (including phenoxy) is 1. The molecule has 2 heterocycles. The van der Waals surface area contributed by atoms with Gasteiger partial charge in [-0.2, -0.15) is 0 Å². The third-order valence-corrected chi connectivity index (χ3v) is 3.14. The predicted molar refractivity (Wildman–Crippen MR) is 69.7 cm³/mol. The summed E-state index contributed by atoms with van der Waals surface area (Å²) < 4.78 is 5.63. The number of carbonyl (C=O) groups is 1. The Morgan fingerprint density at radius 2 is 2.44 bits per heavy atom. The van der Waals surface area contributed by atoms with Gasteiger partial charge in [0.2, 0.25) is 0 Å². The number of rotatable bonds is 4. The van der Waals surface area contributed by atoms with Crippen molar-refractivity contribution in [2.45, 2.75) is 31.9 Å². The van der Waals surface area contributed by atoms with E-state index in [1.807, 2.05) is 6.07 Å². The van der Waals surface area contributed by atoms with Gasteiger partial charge in [0.15, 0.2) is 0 Å². The molecule has 18 heavy (non-hydrogen) atoms. The van der Waals surface area contributed by atoms with Gasteiger partial charge in [0, 0.05) is 31.6 Å². The lowest BCUT2D eigenvalue weighted by Gasteiger charge is -2.21. The van der Waals surface area contributed by atoms with Gasteiger partial charge in [0.25, 0.3) is 5.91 Å². The molecule has 0 radical (unpaired) electrons. The number of carbonyl (C=O) groups excluding carboxylic acids is 1. The van der Waals surface area contributed by atoms with Gasteiger partial charge in [-0.05, 0) is 31.9 Å². The van der Waals surface area contributed by atoms with E-state index in [1.54, 1.807) is 19.3 Å². The van der Waals surface area contributed by atoms with Gasteiger partial charge in [-0.3, -0.25) is 9.78 Å². The van der Waals surface area contributed by atoms with Crippen LogP contribution in [0.5, 0.6) is 0 Å². The second kappa shape index (κ2) is 5.82. The normalized spacial score (nSPS) is 20.4. The maximum Gasteiger partial charge on any atom is 0.269 e. The molecule has 0 spiro atoms. The third kappa shape index (κ3) is 2.98. The Hall–Kier alpha value is -1.62. The molecular formula is C13H19N3O2. The minimum atomic E-state index is -0.177. The van der Waals surface area contributed by atoms with Crippen LogP contribution in [-0.2, 0) is 4.74 Å². The van der Waals surface area contributed by atoms with Crippen LogP contribution in [0.3, 0.4) is 0 Å². The number of nitrogens with one attached hydrogen (secondary N) is 2. The summed E-state index contributed by atoms with van der Waals surface area (Å²) in [4.78, 5) is 15.5. The molecule has 0 saturated carbocycles. The quantitative estimate of drug-likeness (QED) is 0.847. The maximum atomic E-state index is 11.5. The summed E-state index contributed by atoms with van der Waals surface area (Å²) in [7, 11) is 1.60. The molecule has 1 fully saturated rings. The van der Waals surface area contributed by atoms with Crippen LogP contribution in [0.15, 0.2) is 18.3 Å².